The van der Waals surface area contributed by atoms with Gasteiger partial charge >= 0.3 is 0 Å². The van der Waals surface area contributed by atoms with Crippen molar-refractivity contribution in [2.24, 2.45) is 0 Å². The highest BCUT2D eigenvalue weighted by Gasteiger charge is 2.15. The molecule has 1 aromatic heterocycles. The summed E-state index contributed by atoms with van der Waals surface area (Å²) in [5.41, 5.74) is 4.98. The zero-order chi connectivity index (χ0) is 23.1. The van der Waals surface area contributed by atoms with E-state index in [0.717, 1.165) is 33.8 Å². The van der Waals surface area contributed by atoms with Gasteiger partial charge in [0, 0.05) is 17.6 Å². The van der Waals surface area contributed by atoms with Crippen molar-refractivity contribution in [2.45, 2.75) is 27.7 Å². The van der Waals surface area contributed by atoms with E-state index in [4.69, 9.17) is 4.74 Å². The number of aryl methyl sites for hydroxylation is 3. The van der Waals surface area contributed by atoms with Gasteiger partial charge in [0.15, 0.2) is 0 Å². The summed E-state index contributed by atoms with van der Waals surface area (Å²) >= 11 is 0. The fourth-order valence-electron chi connectivity index (χ4n) is 3.44. The molecule has 3 rings (SSSR count). The van der Waals surface area contributed by atoms with Crippen LogP contribution in [0.3, 0.4) is 0 Å². The Hall–Kier alpha value is -3.87. The first-order valence-electron chi connectivity index (χ1n) is 10.5. The molecule has 7 nitrogen and oxygen atoms in total. The molecule has 0 aliphatic heterocycles. The summed E-state index contributed by atoms with van der Waals surface area (Å²) in [6.45, 7) is 8.27. The minimum absolute atomic E-state index is 0.150. The highest BCUT2D eigenvalue weighted by Crippen LogP contribution is 2.23. The maximum absolute atomic E-state index is 12.7. The third kappa shape index (κ3) is 5.85. The Bertz CT molecular complexity index is 1090. The number of nitrogens with zero attached hydrogens (tertiary/aromatic N) is 1. The zero-order valence-electron chi connectivity index (χ0n) is 18.8. The smallest absolute Gasteiger partial charge is 0.255 e. The fraction of sp³-hybridized carbons (Fsp3) is 0.240. The van der Waals surface area contributed by atoms with Crippen LogP contribution in [-0.4, -0.2) is 29.9 Å². The molecule has 2 aromatic carbocycles. The number of aromatic nitrogens is 1. The molecule has 7 heteroatoms. The number of pyridine rings is 1. The molecule has 32 heavy (non-hydrogen) atoms. The lowest BCUT2D eigenvalue weighted by molar-refractivity contribution is -0.115. The van der Waals surface area contributed by atoms with Crippen molar-refractivity contribution >= 4 is 29.0 Å². The van der Waals surface area contributed by atoms with E-state index in [9.17, 15) is 9.59 Å². The summed E-state index contributed by atoms with van der Waals surface area (Å²) in [7, 11) is 0. The lowest BCUT2D eigenvalue weighted by Gasteiger charge is -2.14. The highest BCUT2D eigenvalue weighted by atomic mass is 16.5. The molecule has 2 amide bonds. The Kier molecular flexibility index (Phi) is 7.44. The van der Waals surface area contributed by atoms with Crippen LogP contribution in [-0.2, 0) is 4.79 Å². The average molecular weight is 433 g/mol. The standard InChI is InChI=1S/C25H28N4O3/c1-5-32-20-10-8-19(9-11-20)28-24-21(7-6-12-26-24)25(31)27-15-22(30)29-23-17(3)13-16(2)14-18(23)4/h6-14H,5,15H2,1-4H3,(H,26,28)(H,27,31)(H,29,30). The van der Waals surface area contributed by atoms with Crippen LogP contribution in [0.5, 0.6) is 5.75 Å². The molecule has 0 saturated heterocycles. The minimum atomic E-state index is -0.390. The summed E-state index contributed by atoms with van der Waals surface area (Å²) in [5.74, 6) is 0.485. The average Bonchev–Trinajstić information content (AvgIpc) is 2.76. The number of carbonyl (C=O) groups excluding carboxylic acids is 2. The summed E-state index contributed by atoms with van der Waals surface area (Å²) in [6, 6.07) is 14.7. The Morgan fingerprint density at radius 3 is 2.34 bits per heavy atom. The zero-order valence-corrected chi connectivity index (χ0v) is 18.8. The van der Waals surface area contributed by atoms with E-state index >= 15 is 0 Å². The maximum Gasteiger partial charge on any atom is 0.255 e. The van der Waals surface area contributed by atoms with Crippen molar-refractivity contribution in [1.29, 1.82) is 0 Å². The van der Waals surface area contributed by atoms with Gasteiger partial charge in [0.1, 0.15) is 11.6 Å². The van der Waals surface area contributed by atoms with Crippen molar-refractivity contribution < 1.29 is 14.3 Å². The fourth-order valence-corrected chi connectivity index (χ4v) is 3.44. The van der Waals surface area contributed by atoms with Gasteiger partial charge in [0.05, 0.1) is 18.7 Å². The van der Waals surface area contributed by atoms with E-state index in [0.29, 0.717) is 18.0 Å². The van der Waals surface area contributed by atoms with Crippen LogP contribution in [0.2, 0.25) is 0 Å². The summed E-state index contributed by atoms with van der Waals surface area (Å²) in [6.07, 6.45) is 1.60. The highest BCUT2D eigenvalue weighted by molar-refractivity contribution is 6.02. The first kappa shape index (κ1) is 22.8. The molecule has 0 bridgehead atoms. The van der Waals surface area contributed by atoms with Crippen molar-refractivity contribution in [2.75, 3.05) is 23.8 Å². The molecule has 0 saturated carbocycles. The van der Waals surface area contributed by atoms with Gasteiger partial charge in [-0.2, -0.15) is 0 Å². The molecule has 3 N–H and O–H groups in total. The molecule has 0 fully saturated rings. The number of hydrogen-bond donors (Lipinski definition) is 3. The van der Waals surface area contributed by atoms with E-state index in [2.05, 4.69) is 20.9 Å². The molecule has 1 heterocycles. The van der Waals surface area contributed by atoms with Crippen LogP contribution in [0, 0.1) is 20.8 Å². The molecule has 0 radical (unpaired) electrons. The van der Waals surface area contributed by atoms with Gasteiger partial charge in [-0.25, -0.2) is 4.98 Å². The first-order valence-corrected chi connectivity index (χ1v) is 10.5. The van der Waals surface area contributed by atoms with Crippen molar-refractivity contribution in [1.82, 2.24) is 10.3 Å². The van der Waals surface area contributed by atoms with Gasteiger partial charge in [-0.3, -0.25) is 9.59 Å². The second kappa shape index (κ2) is 10.4. The molecular formula is C25H28N4O3. The van der Waals surface area contributed by atoms with Crippen LogP contribution in [0.4, 0.5) is 17.2 Å². The number of nitrogens with one attached hydrogen (secondary N) is 3. The topological polar surface area (TPSA) is 92.3 Å². The first-order chi connectivity index (χ1) is 15.4. The van der Waals surface area contributed by atoms with Gasteiger partial charge in [0.2, 0.25) is 5.91 Å². The van der Waals surface area contributed by atoms with E-state index in [-0.39, 0.29) is 18.4 Å². The summed E-state index contributed by atoms with van der Waals surface area (Å²) in [4.78, 5) is 29.4. The molecule has 3 aromatic rings. The predicted molar refractivity (Wildman–Crippen MR) is 127 cm³/mol. The van der Waals surface area contributed by atoms with E-state index < -0.39 is 0 Å². The second-order valence-electron chi connectivity index (χ2n) is 7.49. The number of ether oxygens (including phenoxy) is 1. The Morgan fingerprint density at radius 1 is 1.00 bits per heavy atom. The van der Waals surface area contributed by atoms with Gasteiger partial charge in [0.25, 0.3) is 5.91 Å². The maximum atomic E-state index is 12.7. The summed E-state index contributed by atoms with van der Waals surface area (Å²) in [5, 5.41) is 8.70. The number of amides is 2. The summed E-state index contributed by atoms with van der Waals surface area (Å²) < 4.78 is 5.45. The van der Waals surface area contributed by atoms with Crippen LogP contribution < -0.4 is 20.7 Å². The van der Waals surface area contributed by atoms with Crippen LogP contribution >= 0.6 is 0 Å². The van der Waals surface area contributed by atoms with Gasteiger partial charge in [-0.1, -0.05) is 17.7 Å². The number of hydrogen-bond acceptors (Lipinski definition) is 5. The second-order valence-corrected chi connectivity index (χ2v) is 7.49. The lowest BCUT2D eigenvalue weighted by atomic mass is 10.1. The Morgan fingerprint density at radius 2 is 1.69 bits per heavy atom. The van der Waals surface area contributed by atoms with Crippen molar-refractivity contribution in [3.05, 3.63) is 77.0 Å². The third-order valence-electron chi connectivity index (χ3n) is 4.83. The Balaban J connectivity index is 1.64. The third-order valence-corrected chi connectivity index (χ3v) is 4.83. The molecule has 0 unspecified atom stereocenters. The van der Waals surface area contributed by atoms with E-state index in [1.165, 1.54) is 0 Å². The minimum Gasteiger partial charge on any atom is -0.494 e. The van der Waals surface area contributed by atoms with Crippen LogP contribution in [0.15, 0.2) is 54.7 Å². The number of rotatable bonds is 8. The molecule has 0 aliphatic carbocycles. The largest absolute Gasteiger partial charge is 0.494 e. The number of anilines is 3. The van der Waals surface area contributed by atoms with Gasteiger partial charge in [-0.15, -0.1) is 0 Å². The van der Waals surface area contributed by atoms with Gasteiger partial charge < -0.3 is 20.7 Å². The van der Waals surface area contributed by atoms with Gasteiger partial charge in [-0.05, 0) is 75.2 Å². The quantitative estimate of drug-likeness (QED) is 0.487. The van der Waals surface area contributed by atoms with Crippen molar-refractivity contribution in [3.8, 4) is 5.75 Å². The SMILES string of the molecule is CCOc1ccc(Nc2ncccc2C(=O)NCC(=O)Nc2c(C)cc(C)cc2C)cc1. The molecular weight excluding hydrogens is 404 g/mol. The normalized spacial score (nSPS) is 10.4. The van der Waals surface area contributed by atoms with Crippen LogP contribution in [0.25, 0.3) is 0 Å². The predicted octanol–water partition coefficient (Wildman–Crippen LogP) is 4.52. The van der Waals surface area contributed by atoms with Crippen molar-refractivity contribution in [3.63, 3.8) is 0 Å². The number of carbonyl (C=O) groups is 2. The monoisotopic (exact) mass is 432 g/mol. The number of benzene rings is 2. The molecule has 0 spiro atoms. The Labute approximate surface area is 188 Å². The van der Waals surface area contributed by atoms with E-state index in [1.807, 2.05) is 64.1 Å². The van der Waals surface area contributed by atoms with E-state index in [1.54, 1.807) is 18.3 Å². The molecule has 166 valence electrons. The molecule has 0 atom stereocenters. The molecule has 0 aliphatic rings. The van der Waals surface area contributed by atoms with Crippen LogP contribution in [0.1, 0.15) is 34.0 Å². The lowest BCUT2D eigenvalue weighted by Crippen LogP contribution is -2.33.